The number of carbonyl (C=O) groups is 1. The zero-order valence-electron chi connectivity index (χ0n) is 15.1. The number of nitrogens with one attached hydrogen (secondary N) is 3. The highest BCUT2D eigenvalue weighted by atomic mass is 32.2. The van der Waals surface area contributed by atoms with E-state index >= 15 is 0 Å². The number of hydrogen-bond acceptors (Lipinski definition) is 5. The first-order valence-corrected chi connectivity index (χ1v) is 10.5. The lowest BCUT2D eigenvalue weighted by Crippen LogP contribution is -2.53. The average molecular weight is 408 g/mol. The normalized spacial score (nSPS) is 32.4. The van der Waals surface area contributed by atoms with Crippen LogP contribution in [-0.2, 0) is 0 Å². The molecule has 1 aromatic heterocycles. The Morgan fingerprint density at radius 1 is 1.32 bits per heavy atom. The molecule has 5 rings (SSSR count). The molecule has 2 saturated heterocycles. The minimum Gasteiger partial charge on any atom is -0.393 e. The number of carbonyl (C=O) groups excluding carboxylic acids is 1. The minimum absolute atomic E-state index is 0.0992. The number of benzene rings is 1. The maximum atomic E-state index is 13.9. The number of amides is 1. The quantitative estimate of drug-likeness (QED) is 0.623. The largest absolute Gasteiger partial charge is 0.393 e. The molecule has 28 heavy (non-hydrogen) atoms. The third-order valence-electron chi connectivity index (χ3n) is 5.94. The number of rotatable bonds is 3. The maximum Gasteiger partial charge on any atom is 0.270 e. The lowest BCUT2D eigenvalue weighted by Gasteiger charge is -2.34. The van der Waals surface area contributed by atoms with Crippen molar-refractivity contribution in [2.24, 2.45) is 0 Å². The third kappa shape index (κ3) is 3.20. The van der Waals surface area contributed by atoms with Gasteiger partial charge in [0.15, 0.2) is 11.6 Å². The van der Waals surface area contributed by atoms with Crippen LogP contribution < -0.4 is 10.6 Å². The van der Waals surface area contributed by atoms with Crippen LogP contribution in [0.2, 0.25) is 0 Å². The number of hydrogen-bond donors (Lipinski definition) is 4. The van der Waals surface area contributed by atoms with Crippen molar-refractivity contribution < 1.29 is 18.7 Å². The number of aromatic nitrogens is 1. The lowest BCUT2D eigenvalue weighted by molar-refractivity contribution is 0.0598. The number of aliphatic hydroxyl groups is 1. The number of halogens is 2. The fourth-order valence-corrected chi connectivity index (χ4v) is 5.84. The molecule has 0 spiro atoms. The molecule has 1 aliphatic carbocycles. The van der Waals surface area contributed by atoms with E-state index in [1.165, 1.54) is 12.1 Å². The van der Waals surface area contributed by atoms with E-state index in [1.54, 1.807) is 16.7 Å². The number of piperidine rings is 1. The van der Waals surface area contributed by atoms with E-state index in [1.807, 2.05) is 0 Å². The van der Waals surface area contributed by atoms with Crippen LogP contribution >= 0.6 is 11.8 Å². The minimum atomic E-state index is -0.933. The van der Waals surface area contributed by atoms with Gasteiger partial charge in [0.05, 0.1) is 6.10 Å². The molecule has 150 valence electrons. The van der Waals surface area contributed by atoms with E-state index in [0.717, 1.165) is 25.3 Å². The molecule has 1 saturated carbocycles. The van der Waals surface area contributed by atoms with E-state index in [2.05, 4.69) is 15.6 Å². The number of thioether (sulfide) groups is 1. The monoisotopic (exact) mass is 408 g/mol. The molecule has 2 aromatic rings. The molecule has 3 fully saturated rings. The number of H-pyrrole nitrogens is 1. The summed E-state index contributed by atoms with van der Waals surface area (Å²) in [6, 6.07) is 4.59. The van der Waals surface area contributed by atoms with Crippen LogP contribution in [0.5, 0.6) is 0 Å². The molecule has 3 unspecified atom stereocenters. The smallest absolute Gasteiger partial charge is 0.270 e. The van der Waals surface area contributed by atoms with Gasteiger partial charge >= 0.3 is 0 Å². The van der Waals surface area contributed by atoms with Crippen molar-refractivity contribution in [3.8, 4) is 0 Å². The second-order valence-electron chi connectivity index (χ2n) is 7.86. The predicted octanol–water partition coefficient (Wildman–Crippen LogP) is 1.76. The van der Waals surface area contributed by atoms with Crippen LogP contribution in [0.25, 0.3) is 10.9 Å². The molecule has 0 bridgehead atoms. The number of aliphatic hydroxyl groups excluding tert-OH is 1. The fourth-order valence-electron chi connectivity index (χ4n) is 4.29. The van der Waals surface area contributed by atoms with Gasteiger partial charge < -0.3 is 15.0 Å². The third-order valence-corrected chi connectivity index (χ3v) is 7.32. The summed E-state index contributed by atoms with van der Waals surface area (Å²) < 4.78 is 27.4. The van der Waals surface area contributed by atoms with Gasteiger partial charge in [0.1, 0.15) is 11.2 Å². The Kier molecular flexibility index (Phi) is 4.58. The molecular formula is C19H22F2N4O2S. The summed E-state index contributed by atoms with van der Waals surface area (Å²) in [5, 5.41) is 16.9. The van der Waals surface area contributed by atoms with Gasteiger partial charge in [0.2, 0.25) is 0 Å². The molecule has 0 radical (unpaired) electrons. The summed E-state index contributed by atoms with van der Waals surface area (Å²) in [6.07, 6.45) is 2.23. The Morgan fingerprint density at radius 2 is 2.14 bits per heavy atom. The van der Waals surface area contributed by atoms with Gasteiger partial charge in [0, 0.05) is 41.3 Å². The van der Waals surface area contributed by atoms with Gasteiger partial charge in [-0.15, -0.1) is 11.8 Å². The molecule has 1 amide bonds. The summed E-state index contributed by atoms with van der Waals surface area (Å²) in [7, 11) is 0. The Balaban J connectivity index is 1.25. The first-order valence-electron chi connectivity index (χ1n) is 9.59. The van der Waals surface area contributed by atoms with Crippen molar-refractivity contribution in [3.05, 3.63) is 35.5 Å². The van der Waals surface area contributed by atoms with Crippen LogP contribution in [-0.4, -0.2) is 62.9 Å². The zero-order valence-corrected chi connectivity index (χ0v) is 15.9. The molecular weight excluding hydrogens is 386 g/mol. The highest BCUT2D eigenvalue weighted by molar-refractivity contribution is 8.00. The molecule has 3 aliphatic rings. The Hall–Kier alpha value is -1.68. The van der Waals surface area contributed by atoms with Crippen molar-refractivity contribution in [2.45, 2.75) is 48.2 Å². The van der Waals surface area contributed by atoms with E-state index < -0.39 is 11.6 Å². The first kappa shape index (κ1) is 18.4. The van der Waals surface area contributed by atoms with Crippen LogP contribution in [0.15, 0.2) is 18.2 Å². The molecule has 9 heteroatoms. The molecule has 3 heterocycles. The Bertz CT molecular complexity index is 917. The number of nitrogens with zero attached hydrogens (tertiary/aromatic N) is 1. The Labute approximate surface area is 165 Å². The molecule has 2 aliphatic heterocycles. The van der Waals surface area contributed by atoms with Gasteiger partial charge in [-0.05, 0) is 37.5 Å². The maximum absolute atomic E-state index is 13.9. The highest BCUT2D eigenvalue weighted by Crippen LogP contribution is 2.34. The number of fused-ring (bicyclic) bond motifs is 2. The van der Waals surface area contributed by atoms with E-state index in [-0.39, 0.29) is 33.8 Å². The van der Waals surface area contributed by atoms with Crippen LogP contribution in [0.1, 0.15) is 29.8 Å². The highest BCUT2D eigenvalue weighted by Gasteiger charge is 2.41. The standard InChI is InChI=1S/C19H22F2N4O2S/c20-12-1-2-13-11(17(12)21)7-15(23-13)18(27)25-4-3-14-16(8-25)28-19(24-14)22-9-5-10(26)6-9/h1-2,7,9-10,14,16,19,22-24,26H,3-6,8H2/t9-,10-,14?,16?,19?. The van der Waals surface area contributed by atoms with Crippen molar-refractivity contribution >= 4 is 28.6 Å². The van der Waals surface area contributed by atoms with E-state index in [4.69, 9.17) is 0 Å². The molecule has 1 aromatic carbocycles. The number of aromatic amines is 1. The van der Waals surface area contributed by atoms with Gasteiger partial charge in [-0.1, -0.05) is 0 Å². The van der Waals surface area contributed by atoms with Crippen molar-refractivity contribution in [3.63, 3.8) is 0 Å². The van der Waals surface area contributed by atoms with E-state index in [0.29, 0.717) is 30.7 Å². The average Bonchev–Trinajstić information content (AvgIpc) is 3.26. The van der Waals surface area contributed by atoms with Crippen LogP contribution in [0, 0.1) is 11.6 Å². The molecule has 4 N–H and O–H groups in total. The predicted molar refractivity (Wildman–Crippen MR) is 103 cm³/mol. The lowest BCUT2D eigenvalue weighted by atomic mass is 9.90. The molecule has 6 nitrogen and oxygen atoms in total. The van der Waals surface area contributed by atoms with Gasteiger partial charge in [-0.3, -0.25) is 15.4 Å². The summed E-state index contributed by atoms with van der Waals surface area (Å²) in [6.45, 7) is 1.23. The second kappa shape index (κ2) is 6.98. The van der Waals surface area contributed by atoms with Crippen molar-refractivity contribution in [1.82, 2.24) is 20.5 Å². The van der Waals surface area contributed by atoms with Crippen LogP contribution in [0.4, 0.5) is 8.78 Å². The summed E-state index contributed by atoms with van der Waals surface area (Å²) >= 11 is 1.78. The van der Waals surface area contributed by atoms with Gasteiger partial charge in [-0.2, -0.15) is 0 Å². The fraction of sp³-hybridized carbons (Fsp3) is 0.526. The summed E-state index contributed by atoms with van der Waals surface area (Å²) in [5.41, 5.74) is 0.834. The first-order chi connectivity index (χ1) is 13.5. The number of likely N-dealkylation sites (tertiary alicyclic amines) is 1. The Morgan fingerprint density at radius 3 is 2.93 bits per heavy atom. The van der Waals surface area contributed by atoms with Gasteiger partial charge in [0.25, 0.3) is 5.91 Å². The zero-order chi connectivity index (χ0) is 19.4. The van der Waals surface area contributed by atoms with Crippen molar-refractivity contribution in [1.29, 1.82) is 0 Å². The summed E-state index contributed by atoms with van der Waals surface area (Å²) in [5.74, 6) is -2.04. The van der Waals surface area contributed by atoms with Gasteiger partial charge in [-0.25, -0.2) is 8.78 Å². The topological polar surface area (TPSA) is 80.4 Å². The summed E-state index contributed by atoms with van der Waals surface area (Å²) in [4.78, 5) is 17.6. The van der Waals surface area contributed by atoms with E-state index in [9.17, 15) is 18.7 Å². The van der Waals surface area contributed by atoms with Crippen molar-refractivity contribution in [2.75, 3.05) is 13.1 Å². The SMILES string of the molecule is O=C(c1cc2c(F)c(F)ccc2[nH]1)N1CCC2NC(N[C@H]3C[C@H](O)C3)SC2C1. The second-order valence-corrected chi connectivity index (χ2v) is 9.21. The molecule has 3 atom stereocenters. The van der Waals surface area contributed by atoms with Crippen LogP contribution in [0.3, 0.4) is 0 Å².